The van der Waals surface area contributed by atoms with Gasteiger partial charge in [0, 0.05) is 29.9 Å². The summed E-state index contributed by atoms with van der Waals surface area (Å²) in [7, 11) is 0. The van der Waals surface area contributed by atoms with Crippen LogP contribution in [0.25, 0.3) is 0 Å². The van der Waals surface area contributed by atoms with Crippen LogP contribution in [0.1, 0.15) is 64.4 Å². The number of piperidine rings is 1. The number of hydrogen-bond donors (Lipinski definition) is 1. The van der Waals surface area contributed by atoms with Gasteiger partial charge >= 0.3 is 0 Å². The second kappa shape index (κ2) is 6.23. The van der Waals surface area contributed by atoms with Crippen molar-refractivity contribution in [3.05, 3.63) is 35.9 Å². The second-order valence-electron chi connectivity index (χ2n) is 12.2. The topological polar surface area (TPSA) is 29.3 Å². The molecule has 5 unspecified atom stereocenters. The minimum absolute atomic E-state index is 0.126. The molecule has 2 N–H and O–H groups in total. The largest absolute Gasteiger partial charge is 0.365 e. The summed E-state index contributed by atoms with van der Waals surface area (Å²) in [5.41, 5.74) is 9.02. The zero-order chi connectivity index (χ0) is 20.9. The van der Waals surface area contributed by atoms with Crippen molar-refractivity contribution in [2.24, 2.45) is 33.8 Å². The smallest absolute Gasteiger partial charge is 0.0842 e. The molecule has 7 rings (SSSR count). The molecule has 6 fully saturated rings. The number of thiocarbonyl (C=S) groups is 1. The van der Waals surface area contributed by atoms with E-state index < -0.39 is 0 Å². The maximum Gasteiger partial charge on any atom is 0.0842 e. The van der Waals surface area contributed by atoms with Crippen molar-refractivity contribution in [3.8, 4) is 0 Å². The molecule has 4 bridgehead atoms. The summed E-state index contributed by atoms with van der Waals surface area (Å²) in [5.74, 6) is 1.47. The molecule has 162 valence electrons. The lowest BCUT2D eigenvalue weighted by atomic mass is 9.39. The number of hydrogen-bond acceptors (Lipinski definition) is 2. The second-order valence-corrected chi connectivity index (χ2v) is 13.1. The van der Waals surface area contributed by atoms with Gasteiger partial charge in [0.05, 0.1) is 4.99 Å². The Morgan fingerprint density at radius 2 is 1.70 bits per heavy atom. The van der Waals surface area contributed by atoms with Crippen LogP contribution in [-0.4, -0.2) is 34.4 Å². The molecule has 0 amide bonds. The highest BCUT2D eigenvalue weighted by molar-refractivity contribution is 7.80. The third kappa shape index (κ3) is 2.55. The molecule has 1 spiro atoms. The highest BCUT2D eigenvalue weighted by Crippen LogP contribution is 2.79. The summed E-state index contributed by atoms with van der Waals surface area (Å²) in [6, 6.07) is 11.6. The summed E-state index contributed by atoms with van der Waals surface area (Å²) in [6.07, 6.45) is 8.69. The van der Waals surface area contributed by atoms with E-state index in [0.29, 0.717) is 16.2 Å². The molecule has 1 aliphatic heterocycles. The van der Waals surface area contributed by atoms with Crippen molar-refractivity contribution in [2.75, 3.05) is 13.1 Å². The first kappa shape index (κ1) is 20.0. The molecule has 2 nitrogen and oxygen atoms in total. The molecule has 1 aromatic rings. The fourth-order valence-corrected chi connectivity index (χ4v) is 9.60. The Kier molecular flexibility index (Phi) is 4.16. The van der Waals surface area contributed by atoms with Crippen LogP contribution in [0, 0.1) is 28.1 Å². The molecule has 4 heteroatoms. The molecule has 1 aromatic carbocycles. The zero-order valence-corrected chi connectivity index (χ0v) is 19.9. The molecule has 1 heterocycles. The Morgan fingerprint density at radius 3 is 2.27 bits per heavy atom. The van der Waals surface area contributed by atoms with E-state index in [-0.39, 0.29) is 16.9 Å². The van der Waals surface area contributed by atoms with Gasteiger partial charge in [0.1, 0.15) is 0 Å². The summed E-state index contributed by atoms with van der Waals surface area (Å²) in [5, 5.41) is 0.401. The van der Waals surface area contributed by atoms with Gasteiger partial charge in [-0.3, -0.25) is 0 Å². The Morgan fingerprint density at radius 1 is 1.07 bits per heavy atom. The van der Waals surface area contributed by atoms with Gasteiger partial charge in [0.25, 0.3) is 0 Å². The first-order valence-corrected chi connectivity index (χ1v) is 12.8. The number of likely N-dealkylation sites (tertiary alicyclic amines) is 1. The molecular weight excluding hydrogens is 408 g/mol. The lowest BCUT2D eigenvalue weighted by molar-refractivity contribution is -0.0973. The Hall–Kier alpha value is -0.640. The summed E-state index contributed by atoms with van der Waals surface area (Å²) in [4.78, 5) is 3.82. The number of alkyl halides is 1. The van der Waals surface area contributed by atoms with E-state index in [4.69, 9.17) is 29.6 Å². The van der Waals surface area contributed by atoms with Gasteiger partial charge in [-0.2, -0.15) is 0 Å². The van der Waals surface area contributed by atoms with Crippen LogP contribution in [0.4, 0.5) is 0 Å². The summed E-state index contributed by atoms with van der Waals surface area (Å²) >= 11 is 13.2. The minimum atomic E-state index is 0.126. The fourth-order valence-electron chi connectivity index (χ4n) is 8.59. The van der Waals surface area contributed by atoms with Crippen LogP contribution < -0.4 is 5.73 Å². The first-order chi connectivity index (χ1) is 14.2. The van der Waals surface area contributed by atoms with Crippen molar-refractivity contribution >= 4 is 28.8 Å². The molecule has 1 saturated heterocycles. The summed E-state index contributed by atoms with van der Waals surface area (Å²) in [6.45, 7) is 6.66. The van der Waals surface area contributed by atoms with Crippen LogP contribution in [0.2, 0.25) is 0 Å². The quantitative estimate of drug-likeness (QED) is 0.483. The van der Waals surface area contributed by atoms with E-state index in [0.717, 1.165) is 31.3 Å². The number of benzene rings is 1. The van der Waals surface area contributed by atoms with Crippen LogP contribution in [-0.2, 0) is 5.41 Å². The van der Waals surface area contributed by atoms with E-state index >= 15 is 0 Å². The van der Waals surface area contributed by atoms with E-state index in [2.05, 4.69) is 49.1 Å². The Bertz CT molecular complexity index is 864. The fraction of sp³-hybridized carbons (Fsp3) is 0.731. The molecule has 0 aromatic heterocycles. The third-order valence-corrected chi connectivity index (χ3v) is 11.4. The van der Waals surface area contributed by atoms with Crippen LogP contribution >= 0.6 is 23.8 Å². The first-order valence-electron chi connectivity index (χ1n) is 12.0. The van der Waals surface area contributed by atoms with Crippen LogP contribution in [0.3, 0.4) is 0 Å². The lowest BCUT2D eigenvalue weighted by Crippen LogP contribution is -2.64. The lowest BCUT2D eigenvalue weighted by Gasteiger charge is -2.67. The van der Waals surface area contributed by atoms with E-state index in [1.165, 1.54) is 43.5 Å². The predicted octanol–water partition coefficient (Wildman–Crippen LogP) is 5.52. The van der Waals surface area contributed by atoms with E-state index in [1.807, 2.05) is 0 Å². The minimum Gasteiger partial charge on any atom is -0.365 e. The monoisotopic (exact) mass is 442 g/mol. The Balaban J connectivity index is 1.38. The van der Waals surface area contributed by atoms with Crippen LogP contribution in [0.15, 0.2) is 30.3 Å². The number of nitrogens with zero attached hydrogens (tertiary/aromatic N) is 1. The van der Waals surface area contributed by atoms with Gasteiger partial charge in [-0.1, -0.05) is 56.4 Å². The number of nitrogens with two attached hydrogens (primary N) is 1. The molecule has 0 radical (unpaired) electrons. The van der Waals surface area contributed by atoms with Gasteiger partial charge in [0.15, 0.2) is 0 Å². The standard InChI is InChI=1S/C26H35ClN2S/c1-23(2)16-29(9-8-21(23)28)22(30)25-12-18-10-24(15-25,17-6-4-3-5-7-17)11-19(13-25)26(18)14-20(26)27/h3-7,18-21H,8-16,28H2,1-2H3/t18-,19?,20?,21-,24?,25?,26?/m0/s1. The van der Waals surface area contributed by atoms with Crippen molar-refractivity contribution in [3.63, 3.8) is 0 Å². The van der Waals surface area contributed by atoms with Gasteiger partial charge in [-0.05, 0) is 78.6 Å². The van der Waals surface area contributed by atoms with E-state index in [9.17, 15) is 0 Å². The van der Waals surface area contributed by atoms with Crippen molar-refractivity contribution < 1.29 is 0 Å². The maximum atomic E-state index is 6.85. The molecular formula is C26H35ClN2S. The average molecular weight is 443 g/mol. The van der Waals surface area contributed by atoms with Crippen LogP contribution in [0.5, 0.6) is 0 Å². The normalized spacial score (nSPS) is 48.2. The van der Waals surface area contributed by atoms with Gasteiger partial charge in [0.2, 0.25) is 0 Å². The van der Waals surface area contributed by atoms with Crippen molar-refractivity contribution in [1.82, 2.24) is 4.90 Å². The van der Waals surface area contributed by atoms with Gasteiger partial charge < -0.3 is 10.6 Å². The number of rotatable bonds is 2. The third-order valence-electron chi connectivity index (χ3n) is 10.1. The maximum absolute atomic E-state index is 6.85. The number of halogens is 1. The highest BCUT2D eigenvalue weighted by Gasteiger charge is 2.74. The molecule has 6 aliphatic rings. The van der Waals surface area contributed by atoms with Gasteiger partial charge in [-0.15, -0.1) is 11.6 Å². The summed E-state index contributed by atoms with van der Waals surface area (Å²) < 4.78 is 0. The molecule has 30 heavy (non-hydrogen) atoms. The van der Waals surface area contributed by atoms with Gasteiger partial charge in [-0.25, -0.2) is 0 Å². The average Bonchev–Trinajstić information content (AvgIpc) is 3.40. The Labute approximate surface area is 191 Å². The highest BCUT2D eigenvalue weighted by atomic mass is 35.5. The SMILES string of the molecule is CC1(C)CN(C(=S)C23CC4CC(c5ccccc5)(C[C@@H](C2)C42CC2Cl)C3)CC[C@@H]1N. The van der Waals surface area contributed by atoms with E-state index in [1.54, 1.807) is 5.56 Å². The van der Waals surface area contributed by atoms with Crippen molar-refractivity contribution in [2.45, 2.75) is 75.6 Å². The zero-order valence-electron chi connectivity index (χ0n) is 18.4. The van der Waals surface area contributed by atoms with Crippen molar-refractivity contribution in [1.29, 1.82) is 0 Å². The predicted molar refractivity (Wildman–Crippen MR) is 128 cm³/mol. The molecule has 5 saturated carbocycles. The molecule has 7 atom stereocenters. The molecule has 5 aliphatic carbocycles.